The van der Waals surface area contributed by atoms with Crippen LogP contribution in [0.4, 0.5) is 5.69 Å². The smallest absolute Gasteiger partial charge is 0.243 e. The van der Waals surface area contributed by atoms with Gasteiger partial charge in [-0.05, 0) is 31.5 Å². The van der Waals surface area contributed by atoms with Gasteiger partial charge in [0.05, 0.1) is 6.04 Å². The largest absolute Gasteiger partial charge is 0.369 e. The second-order valence-corrected chi connectivity index (χ2v) is 5.94. The Morgan fingerprint density at radius 2 is 2.00 bits per heavy atom. The standard InChI is InChI=1S/C17H24N4O/c1-4-16-18-17(22-19-16)14(3)20-8-10-21(11-9-20)15-7-5-6-13(2)12-15/h5-7,12,14H,4,8-11H2,1-3H3/t14-/m0/s1. The summed E-state index contributed by atoms with van der Waals surface area (Å²) in [7, 11) is 0. The molecular weight excluding hydrogens is 276 g/mol. The Morgan fingerprint density at radius 3 is 2.64 bits per heavy atom. The predicted molar refractivity (Wildman–Crippen MR) is 87.1 cm³/mol. The Kier molecular flexibility index (Phi) is 4.43. The Hall–Kier alpha value is -1.88. The van der Waals surface area contributed by atoms with E-state index in [0.717, 1.165) is 44.3 Å². The Morgan fingerprint density at radius 1 is 1.23 bits per heavy atom. The molecule has 1 atom stereocenters. The fraction of sp³-hybridized carbons (Fsp3) is 0.529. The molecule has 1 aliphatic heterocycles. The summed E-state index contributed by atoms with van der Waals surface area (Å²) < 4.78 is 5.38. The van der Waals surface area contributed by atoms with Crippen LogP contribution < -0.4 is 4.90 Å². The quantitative estimate of drug-likeness (QED) is 0.869. The van der Waals surface area contributed by atoms with Crippen molar-refractivity contribution in [3.05, 3.63) is 41.5 Å². The van der Waals surface area contributed by atoms with Gasteiger partial charge < -0.3 is 9.42 Å². The molecule has 0 amide bonds. The number of nitrogens with zero attached hydrogens (tertiary/aromatic N) is 4. The SMILES string of the molecule is CCc1noc([C@H](C)N2CCN(c3cccc(C)c3)CC2)n1. The third-order valence-corrected chi connectivity index (χ3v) is 4.39. The van der Waals surface area contributed by atoms with E-state index in [1.807, 2.05) is 6.92 Å². The van der Waals surface area contributed by atoms with E-state index in [0.29, 0.717) is 0 Å². The molecule has 1 aliphatic rings. The fourth-order valence-corrected chi connectivity index (χ4v) is 2.93. The zero-order valence-electron chi connectivity index (χ0n) is 13.6. The molecule has 22 heavy (non-hydrogen) atoms. The summed E-state index contributed by atoms with van der Waals surface area (Å²) in [4.78, 5) is 9.32. The average molecular weight is 300 g/mol. The van der Waals surface area contributed by atoms with E-state index in [9.17, 15) is 0 Å². The van der Waals surface area contributed by atoms with Gasteiger partial charge in [0.25, 0.3) is 0 Å². The monoisotopic (exact) mass is 300 g/mol. The van der Waals surface area contributed by atoms with Crippen molar-refractivity contribution in [1.29, 1.82) is 0 Å². The molecule has 2 heterocycles. The van der Waals surface area contributed by atoms with Crippen LogP contribution in [0.1, 0.15) is 37.2 Å². The molecule has 0 N–H and O–H groups in total. The maximum atomic E-state index is 5.38. The van der Waals surface area contributed by atoms with E-state index in [-0.39, 0.29) is 6.04 Å². The fourth-order valence-electron chi connectivity index (χ4n) is 2.93. The molecular formula is C17H24N4O. The van der Waals surface area contributed by atoms with Crippen LogP contribution in [0.25, 0.3) is 0 Å². The molecule has 3 rings (SSSR count). The lowest BCUT2D eigenvalue weighted by Gasteiger charge is -2.38. The highest BCUT2D eigenvalue weighted by molar-refractivity contribution is 5.48. The van der Waals surface area contributed by atoms with E-state index >= 15 is 0 Å². The summed E-state index contributed by atoms with van der Waals surface area (Å²) in [6.45, 7) is 10.4. The third-order valence-electron chi connectivity index (χ3n) is 4.39. The molecule has 1 fully saturated rings. The molecule has 0 spiro atoms. The summed E-state index contributed by atoms with van der Waals surface area (Å²) in [6, 6.07) is 8.91. The number of aromatic nitrogens is 2. The van der Waals surface area contributed by atoms with Crippen LogP contribution in [-0.2, 0) is 6.42 Å². The summed E-state index contributed by atoms with van der Waals surface area (Å²) in [5.74, 6) is 1.53. The molecule has 0 unspecified atom stereocenters. The van der Waals surface area contributed by atoms with Gasteiger partial charge >= 0.3 is 0 Å². The molecule has 5 nitrogen and oxygen atoms in total. The minimum atomic E-state index is 0.187. The lowest BCUT2D eigenvalue weighted by molar-refractivity contribution is 0.164. The van der Waals surface area contributed by atoms with Crippen molar-refractivity contribution in [2.45, 2.75) is 33.2 Å². The first kappa shape index (κ1) is 15.0. The van der Waals surface area contributed by atoms with Gasteiger partial charge in [0.1, 0.15) is 0 Å². The average Bonchev–Trinajstić information content (AvgIpc) is 3.03. The van der Waals surface area contributed by atoms with Crippen LogP contribution >= 0.6 is 0 Å². The maximum absolute atomic E-state index is 5.38. The molecule has 1 aromatic carbocycles. The summed E-state index contributed by atoms with van der Waals surface area (Å²) >= 11 is 0. The number of hydrogen-bond acceptors (Lipinski definition) is 5. The van der Waals surface area contributed by atoms with Crippen LogP contribution in [0, 0.1) is 6.92 Å². The van der Waals surface area contributed by atoms with Gasteiger partial charge in [-0.3, -0.25) is 4.90 Å². The van der Waals surface area contributed by atoms with Gasteiger partial charge in [-0.2, -0.15) is 4.98 Å². The van der Waals surface area contributed by atoms with Crippen molar-refractivity contribution < 1.29 is 4.52 Å². The van der Waals surface area contributed by atoms with Crippen molar-refractivity contribution in [3.8, 4) is 0 Å². The first-order chi connectivity index (χ1) is 10.7. The van der Waals surface area contributed by atoms with Gasteiger partial charge in [0, 0.05) is 38.3 Å². The van der Waals surface area contributed by atoms with Crippen molar-refractivity contribution >= 4 is 5.69 Å². The van der Waals surface area contributed by atoms with Crippen LogP contribution in [0.3, 0.4) is 0 Å². The second-order valence-electron chi connectivity index (χ2n) is 5.94. The van der Waals surface area contributed by atoms with Gasteiger partial charge in [0.15, 0.2) is 5.82 Å². The number of piperazine rings is 1. The Balaban J connectivity index is 1.61. The molecule has 0 bridgehead atoms. The lowest BCUT2D eigenvalue weighted by atomic mass is 10.1. The van der Waals surface area contributed by atoms with Crippen molar-refractivity contribution in [2.75, 3.05) is 31.1 Å². The van der Waals surface area contributed by atoms with Crippen LogP contribution in [0.2, 0.25) is 0 Å². The Labute approximate surface area is 131 Å². The first-order valence-electron chi connectivity index (χ1n) is 8.05. The highest BCUT2D eigenvalue weighted by atomic mass is 16.5. The molecule has 2 aromatic rings. The highest BCUT2D eigenvalue weighted by Crippen LogP contribution is 2.23. The third kappa shape index (κ3) is 3.14. The van der Waals surface area contributed by atoms with E-state index in [4.69, 9.17) is 4.52 Å². The minimum absolute atomic E-state index is 0.187. The van der Waals surface area contributed by atoms with E-state index in [1.165, 1.54) is 11.3 Å². The van der Waals surface area contributed by atoms with E-state index < -0.39 is 0 Å². The number of hydrogen-bond donors (Lipinski definition) is 0. The number of aryl methyl sites for hydroxylation is 2. The zero-order valence-corrected chi connectivity index (χ0v) is 13.6. The number of rotatable bonds is 4. The minimum Gasteiger partial charge on any atom is -0.369 e. The van der Waals surface area contributed by atoms with Crippen LogP contribution in [-0.4, -0.2) is 41.2 Å². The van der Waals surface area contributed by atoms with Gasteiger partial charge in [0.2, 0.25) is 5.89 Å². The van der Waals surface area contributed by atoms with Crippen molar-refractivity contribution in [2.24, 2.45) is 0 Å². The number of benzene rings is 1. The van der Waals surface area contributed by atoms with Crippen molar-refractivity contribution in [1.82, 2.24) is 15.0 Å². The molecule has 5 heteroatoms. The molecule has 0 radical (unpaired) electrons. The topological polar surface area (TPSA) is 45.4 Å². The molecule has 1 saturated heterocycles. The maximum Gasteiger partial charge on any atom is 0.243 e. The van der Waals surface area contributed by atoms with Crippen LogP contribution in [0.5, 0.6) is 0 Å². The van der Waals surface area contributed by atoms with Gasteiger partial charge in [-0.1, -0.05) is 24.2 Å². The van der Waals surface area contributed by atoms with Crippen LogP contribution in [0.15, 0.2) is 28.8 Å². The predicted octanol–water partition coefficient (Wildman–Crippen LogP) is 2.82. The van der Waals surface area contributed by atoms with E-state index in [1.54, 1.807) is 0 Å². The lowest BCUT2D eigenvalue weighted by Crippen LogP contribution is -2.47. The molecule has 0 aliphatic carbocycles. The second kappa shape index (κ2) is 6.48. The summed E-state index contributed by atoms with van der Waals surface area (Å²) in [5, 5.41) is 4.00. The highest BCUT2D eigenvalue weighted by Gasteiger charge is 2.25. The normalized spacial score (nSPS) is 17.7. The summed E-state index contributed by atoms with van der Waals surface area (Å²) in [5.41, 5.74) is 2.63. The van der Waals surface area contributed by atoms with Gasteiger partial charge in [-0.25, -0.2) is 0 Å². The number of anilines is 1. The summed E-state index contributed by atoms with van der Waals surface area (Å²) in [6.07, 6.45) is 0.817. The van der Waals surface area contributed by atoms with Gasteiger partial charge in [-0.15, -0.1) is 0 Å². The Bertz CT molecular complexity index is 617. The molecule has 118 valence electrons. The van der Waals surface area contributed by atoms with E-state index in [2.05, 4.69) is 58.1 Å². The van der Waals surface area contributed by atoms with Crippen molar-refractivity contribution in [3.63, 3.8) is 0 Å². The molecule has 0 saturated carbocycles. The zero-order chi connectivity index (χ0) is 15.5. The molecule has 1 aromatic heterocycles. The first-order valence-corrected chi connectivity index (χ1v) is 8.05.